The summed E-state index contributed by atoms with van der Waals surface area (Å²) >= 11 is 0. The fourth-order valence-electron chi connectivity index (χ4n) is 1.68. The van der Waals surface area contributed by atoms with Gasteiger partial charge in [-0.2, -0.15) is 13.2 Å². The Labute approximate surface area is 101 Å². The zero-order valence-corrected chi connectivity index (χ0v) is 9.58. The molecule has 7 heteroatoms. The number of ether oxygens (including phenoxy) is 1. The number of alkyl halides is 3. The van der Waals surface area contributed by atoms with E-state index in [2.05, 4.69) is 9.97 Å². The topological polar surface area (TPSA) is 63.9 Å². The number of nitrogens with one attached hydrogen (secondary N) is 1. The van der Waals surface area contributed by atoms with Gasteiger partial charge in [0.25, 0.3) is 0 Å². The smallest absolute Gasteiger partial charge is 0.372 e. The largest absolute Gasteiger partial charge is 0.416 e. The predicted molar refractivity (Wildman–Crippen MR) is 59.9 cm³/mol. The molecular formula is C11H12F3N3O. The van der Waals surface area contributed by atoms with Gasteiger partial charge in [0.05, 0.1) is 16.6 Å². The summed E-state index contributed by atoms with van der Waals surface area (Å²) in [7, 11) is 1.46. The fourth-order valence-corrected chi connectivity index (χ4v) is 1.68. The summed E-state index contributed by atoms with van der Waals surface area (Å²) in [6.07, 6.45) is -4.82. The van der Waals surface area contributed by atoms with Crippen molar-refractivity contribution in [2.75, 3.05) is 13.7 Å². The number of methoxy groups -OCH3 is 1. The summed E-state index contributed by atoms with van der Waals surface area (Å²) in [5.41, 5.74) is 5.52. The van der Waals surface area contributed by atoms with Crippen molar-refractivity contribution in [1.82, 2.24) is 9.97 Å². The second kappa shape index (κ2) is 4.58. The highest BCUT2D eigenvalue weighted by Crippen LogP contribution is 2.31. The summed E-state index contributed by atoms with van der Waals surface area (Å²) in [6, 6.07) is 3.34. The molecule has 1 aromatic carbocycles. The van der Waals surface area contributed by atoms with Crippen molar-refractivity contribution in [1.29, 1.82) is 0 Å². The molecule has 1 heterocycles. The van der Waals surface area contributed by atoms with Gasteiger partial charge >= 0.3 is 6.18 Å². The number of nitrogens with zero attached hydrogens (tertiary/aromatic N) is 1. The van der Waals surface area contributed by atoms with Crippen LogP contribution in [0.25, 0.3) is 11.0 Å². The lowest BCUT2D eigenvalue weighted by atomic mass is 10.2. The fraction of sp³-hybridized carbons (Fsp3) is 0.364. The van der Waals surface area contributed by atoms with Crippen molar-refractivity contribution in [3.63, 3.8) is 0 Å². The maximum atomic E-state index is 12.5. The maximum Gasteiger partial charge on any atom is 0.416 e. The van der Waals surface area contributed by atoms with Crippen LogP contribution in [0.15, 0.2) is 18.2 Å². The molecule has 0 bridgehead atoms. The predicted octanol–water partition coefficient (Wildman–Crippen LogP) is 2.23. The molecule has 2 rings (SSSR count). The highest BCUT2D eigenvalue weighted by molar-refractivity contribution is 5.76. The first-order valence-electron chi connectivity index (χ1n) is 5.25. The minimum atomic E-state index is -4.37. The standard InChI is InChI=1S/C11H12F3N3O/c1-18-9(5-15)10-16-7-3-2-6(11(12,13)14)4-8(7)17-10/h2-4,9H,5,15H2,1H3,(H,16,17). The van der Waals surface area contributed by atoms with Gasteiger partial charge in [0.15, 0.2) is 0 Å². The molecule has 1 aromatic heterocycles. The van der Waals surface area contributed by atoms with Crippen molar-refractivity contribution in [2.24, 2.45) is 5.73 Å². The summed E-state index contributed by atoms with van der Waals surface area (Å²) in [4.78, 5) is 6.94. The van der Waals surface area contributed by atoms with Gasteiger partial charge in [-0.3, -0.25) is 0 Å². The average molecular weight is 259 g/mol. The monoisotopic (exact) mass is 259 g/mol. The zero-order valence-electron chi connectivity index (χ0n) is 9.58. The van der Waals surface area contributed by atoms with E-state index in [-0.39, 0.29) is 6.54 Å². The molecule has 0 amide bonds. The van der Waals surface area contributed by atoms with E-state index < -0.39 is 17.8 Å². The maximum absolute atomic E-state index is 12.5. The van der Waals surface area contributed by atoms with Gasteiger partial charge in [-0.1, -0.05) is 0 Å². The highest BCUT2D eigenvalue weighted by atomic mass is 19.4. The molecule has 18 heavy (non-hydrogen) atoms. The Morgan fingerprint density at radius 2 is 2.17 bits per heavy atom. The van der Waals surface area contributed by atoms with E-state index in [1.165, 1.54) is 13.2 Å². The van der Waals surface area contributed by atoms with Crippen LogP contribution in [-0.2, 0) is 10.9 Å². The van der Waals surface area contributed by atoms with Gasteiger partial charge in [-0.25, -0.2) is 4.98 Å². The molecule has 98 valence electrons. The number of aromatic amines is 1. The Balaban J connectivity index is 2.46. The van der Waals surface area contributed by atoms with Crippen LogP contribution in [0.4, 0.5) is 13.2 Å². The third kappa shape index (κ3) is 2.32. The van der Waals surface area contributed by atoms with E-state index in [0.717, 1.165) is 12.1 Å². The molecular weight excluding hydrogens is 247 g/mol. The van der Waals surface area contributed by atoms with Crippen molar-refractivity contribution < 1.29 is 17.9 Å². The Bertz CT molecular complexity index is 546. The zero-order chi connectivity index (χ0) is 13.3. The van der Waals surface area contributed by atoms with Crippen LogP contribution in [0.1, 0.15) is 17.5 Å². The Hall–Kier alpha value is -1.60. The van der Waals surface area contributed by atoms with E-state index in [1.54, 1.807) is 0 Å². The summed E-state index contributed by atoms with van der Waals surface area (Å²) in [6.45, 7) is 0.197. The van der Waals surface area contributed by atoms with E-state index >= 15 is 0 Å². The van der Waals surface area contributed by atoms with Gasteiger partial charge in [-0.05, 0) is 18.2 Å². The molecule has 0 aliphatic rings. The Morgan fingerprint density at radius 1 is 1.44 bits per heavy atom. The molecule has 1 atom stereocenters. The Kier molecular flexibility index (Phi) is 3.27. The number of imidazole rings is 1. The van der Waals surface area contributed by atoms with Crippen molar-refractivity contribution in [3.05, 3.63) is 29.6 Å². The van der Waals surface area contributed by atoms with Crippen LogP contribution < -0.4 is 5.73 Å². The van der Waals surface area contributed by atoms with Gasteiger partial charge < -0.3 is 15.5 Å². The number of benzene rings is 1. The van der Waals surface area contributed by atoms with Gasteiger partial charge in [-0.15, -0.1) is 0 Å². The SMILES string of the molecule is COC(CN)c1nc2ccc(C(F)(F)F)cc2[nH]1. The lowest BCUT2D eigenvalue weighted by Gasteiger charge is -2.08. The number of nitrogens with two attached hydrogens (primary N) is 1. The molecule has 0 saturated heterocycles. The first kappa shape index (κ1) is 12.8. The molecule has 2 aromatic rings. The van der Waals surface area contributed by atoms with Crippen LogP contribution >= 0.6 is 0 Å². The van der Waals surface area contributed by atoms with Crippen LogP contribution in [-0.4, -0.2) is 23.6 Å². The molecule has 0 saturated carbocycles. The number of hydrogen-bond acceptors (Lipinski definition) is 3. The molecule has 1 unspecified atom stereocenters. The van der Waals surface area contributed by atoms with Crippen LogP contribution in [0.3, 0.4) is 0 Å². The van der Waals surface area contributed by atoms with Crippen LogP contribution in [0.5, 0.6) is 0 Å². The van der Waals surface area contributed by atoms with Crippen molar-refractivity contribution in [2.45, 2.75) is 12.3 Å². The number of halogens is 3. The van der Waals surface area contributed by atoms with Gasteiger partial charge in [0.2, 0.25) is 0 Å². The molecule has 0 spiro atoms. The number of fused-ring (bicyclic) bond motifs is 1. The molecule has 0 aliphatic heterocycles. The van der Waals surface area contributed by atoms with E-state index in [9.17, 15) is 13.2 Å². The lowest BCUT2D eigenvalue weighted by Crippen LogP contribution is -2.15. The van der Waals surface area contributed by atoms with Gasteiger partial charge in [0.1, 0.15) is 11.9 Å². The number of aromatic nitrogens is 2. The average Bonchev–Trinajstić information content (AvgIpc) is 2.71. The number of H-pyrrole nitrogens is 1. The van der Waals surface area contributed by atoms with Crippen molar-refractivity contribution in [3.8, 4) is 0 Å². The molecule has 0 fully saturated rings. The molecule has 0 radical (unpaired) electrons. The van der Waals surface area contributed by atoms with Crippen LogP contribution in [0, 0.1) is 0 Å². The molecule has 3 N–H and O–H groups in total. The summed E-state index contributed by atoms with van der Waals surface area (Å²) in [5.74, 6) is 0.425. The highest BCUT2D eigenvalue weighted by Gasteiger charge is 2.30. The van der Waals surface area contributed by atoms with E-state index in [1.807, 2.05) is 0 Å². The summed E-state index contributed by atoms with van der Waals surface area (Å²) < 4.78 is 42.7. The third-order valence-electron chi connectivity index (χ3n) is 2.63. The van der Waals surface area contributed by atoms with E-state index in [4.69, 9.17) is 10.5 Å². The normalized spacial score (nSPS) is 14.1. The molecule has 0 aliphatic carbocycles. The number of hydrogen-bond donors (Lipinski definition) is 2. The van der Waals surface area contributed by atoms with Crippen molar-refractivity contribution >= 4 is 11.0 Å². The Morgan fingerprint density at radius 3 is 2.72 bits per heavy atom. The minimum absolute atomic E-state index is 0.197. The second-order valence-corrected chi connectivity index (χ2v) is 3.81. The quantitative estimate of drug-likeness (QED) is 0.888. The first-order valence-corrected chi connectivity index (χ1v) is 5.25. The van der Waals surface area contributed by atoms with Gasteiger partial charge in [0, 0.05) is 13.7 Å². The van der Waals surface area contributed by atoms with Crippen LogP contribution in [0.2, 0.25) is 0 Å². The minimum Gasteiger partial charge on any atom is -0.372 e. The first-order chi connectivity index (χ1) is 8.45. The molecule has 4 nitrogen and oxygen atoms in total. The second-order valence-electron chi connectivity index (χ2n) is 3.81. The summed E-state index contributed by atoms with van der Waals surface area (Å²) in [5, 5.41) is 0. The third-order valence-corrected chi connectivity index (χ3v) is 2.63. The van der Waals surface area contributed by atoms with E-state index in [0.29, 0.717) is 16.9 Å². The number of rotatable bonds is 3. The lowest BCUT2D eigenvalue weighted by molar-refractivity contribution is -0.137.